The Hall–Kier alpha value is -0.940. The summed E-state index contributed by atoms with van der Waals surface area (Å²) in [6.45, 7) is 1.93. The molecule has 1 atom stereocenters. The lowest BCUT2D eigenvalue weighted by atomic mass is 9.83. The molecule has 5 heteroatoms. The Morgan fingerprint density at radius 2 is 2.05 bits per heavy atom. The highest BCUT2D eigenvalue weighted by Gasteiger charge is 2.27. The van der Waals surface area contributed by atoms with Gasteiger partial charge in [-0.2, -0.15) is 0 Å². The van der Waals surface area contributed by atoms with Crippen molar-refractivity contribution in [3.8, 4) is 0 Å². The van der Waals surface area contributed by atoms with Crippen LogP contribution in [0.15, 0.2) is 22.7 Å². The number of hydrogen-bond acceptors (Lipinski definition) is 2. The second kappa shape index (κ2) is 7.36. The fourth-order valence-electron chi connectivity index (χ4n) is 2.95. The van der Waals surface area contributed by atoms with Gasteiger partial charge in [-0.15, -0.1) is 0 Å². The fourth-order valence-corrected chi connectivity index (χ4v) is 3.56. The zero-order valence-corrected chi connectivity index (χ0v) is 14.6. The molecule has 0 heterocycles. The molecule has 1 aliphatic rings. The molecule has 2 rings (SSSR count). The first kappa shape index (κ1) is 16.4. The van der Waals surface area contributed by atoms with Crippen LogP contribution in [0.2, 0.25) is 0 Å². The molecule has 1 fully saturated rings. The third-order valence-electron chi connectivity index (χ3n) is 4.16. The molecule has 1 aromatic carbocycles. The van der Waals surface area contributed by atoms with Gasteiger partial charge in [0.25, 0.3) is 5.91 Å². The summed E-state index contributed by atoms with van der Waals surface area (Å²) in [5, 5.41) is 3.04. The van der Waals surface area contributed by atoms with Crippen molar-refractivity contribution < 1.29 is 4.79 Å². The van der Waals surface area contributed by atoms with Crippen molar-refractivity contribution in [3.05, 3.63) is 33.8 Å². The van der Waals surface area contributed by atoms with Crippen molar-refractivity contribution in [2.45, 2.75) is 45.1 Å². The summed E-state index contributed by atoms with van der Waals surface area (Å²) in [4.78, 5) is 12.9. The summed E-state index contributed by atoms with van der Waals surface area (Å²) in [5.41, 5.74) is 7.48. The van der Waals surface area contributed by atoms with E-state index in [0.717, 1.165) is 22.9 Å². The van der Waals surface area contributed by atoms with Gasteiger partial charge in [0, 0.05) is 10.0 Å². The fraction of sp³-hybridized carbons (Fsp3) is 0.500. The molecule has 0 saturated heterocycles. The number of hydrogen-bond donors (Lipinski definition) is 2. The van der Waals surface area contributed by atoms with E-state index in [0.29, 0.717) is 16.5 Å². The second-order valence-electron chi connectivity index (χ2n) is 5.71. The Labute approximate surface area is 139 Å². The number of benzene rings is 1. The number of amides is 1. The molecule has 0 bridgehead atoms. The molecule has 0 aromatic heterocycles. The van der Waals surface area contributed by atoms with E-state index in [-0.39, 0.29) is 11.9 Å². The largest absolute Gasteiger partial charge is 0.392 e. The van der Waals surface area contributed by atoms with Crippen molar-refractivity contribution in [3.63, 3.8) is 0 Å². The SMILES string of the molecule is Cc1ccc(Br)cc1C(=O)NC(C(N)=S)C1CCCCC1. The molecular formula is C16H21BrN2OS. The molecule has 3 nitrogen and oxygen atoms in total. The number of thiocarbonyl (C=S) groups is 1. The van der Waals surface area contributed by atoms with Crippen LogP contribution < -0.4 is 11.1 Å². The highest BCUT2D eigenvalue weighted by atomic mass is 79.9. The lowest BCUT2D eigenvalue weighted by Crippen LogP contribution is -2.49. The Morgan fingerprint density at radius 1 is 1.38 bits per heavy atom. The Bertz CT molecular complexity index is 541. The van der Waals surface area contributed by atoms with E-state index in [1.54, 1.807) is 0 Å². The predicted molar refractivity (Wildman–Crippen MR) is 93.5 cm³/mol. The van der Waals surface area contributed by atoms with Gasteiger partial charge in [0.2, 0.25) is 0 Å². The minimum Gasteiger partial charge on any atom is -0.392 e. The summed E-state index contributed by atoms with van der Waals surface area (Å²) in [6, 6.07) is 5.49. The number of rotatable bonds is 4. The predicted octanol–water partition coefficient (Wildman–Crippen LogP) is 3.72. The number of nitrogens with two attached hydrogens (primary N) is 1. The average Bonchev–Trinajstić information content (AvgIpc) is 2.47. The molecule has 1 aliphatic carbocycles. The quantitative estimate of drug-likeness (QED) is 0.796. The summed E-state index contributed by atoms with van der Waals surface area (Å²) in [6.07, 6.45) is 5.81. The Morgan fingerprint density at radius 3 is 2.67 bits per heavy atom. The standard InChI is InChI=1S/C16H21BrN2OS/c1-10-7-8-12(17)9-13(10)16(20)19-14(15(18)21)11-5-3-2-4-6-11/h7-9,11,14H,2-6H2,1H3,(H2,18,21)(H,19,20). The van der Waals surface area contributed by atoms with Crippen LogP contribution in [-0.4, -0.2) is 16.9 Å². The van der Waals surface area contributed by atoms with Gasteiger partial charge in [0.15, 0.2) is 0 Å². The van der Waals surface area contributed by atoms with Gasteiger partial charge in [-0.05, 0) is 43.4 Å². The number of nitrogens with one attached hydrogen (secondary N) is 1. The maximum atomic E-state index is 12.5. The van der Waals surface area contributed by atoms with E-state index < -0.39 is 0 Å². The smallest absolute Gasteiger partial charge is 0.252 e. The molecule has 3 N–H and O–H groups in total. The van der Waals surface area contributed by atoms with Gasteiger partial charge in [-0.3, -0.25) is 4.79 Å². The molecule has 1 aromatic rings. The minimum absolute atomic E-state index is 0.0998. The van der Waals surface area contributed by atoms with Crippen molar-refractivity contribution in [1.29, 1.82) is 0 Å². The molecule has 1 saturated carbocycles. The first-order valence-electron chi connectivity index (χ1n) is 7.35. The maximum absolute atomic E-state index is 12.5. The monoisotopic (exact) mass is 368 g/mol. The van der Waals surface area contributed by atoms with Crippen LogP contribution in [0.3, 0.4) is 0 Å². The Balaban J connectivity index is 2.14. The summed E-state index contributed by atoms with van der Waals surface area (Å²) in [7, 11) is 0. The lowest BCUT2D eigenvalue weighted by Gasteiger charge is -2.30. The number of carbonyl (C=O) groups excluding carboxylic acids is 1. The first-order chi connectivity index (χ1) is 9.99. The number of carbonyl (C=O) groups is 1. The summed E-state index contributed by atoms with van der Waals surface area (Å²) < 4.78 is 0.891. The van der Waals surface area contributed by atoms with Gasteiger partial charge >= 0.3 is 0 Å². The molecule has 0 radical (unpaired) electrons. The van der Waals surface area contributed by atoms with Gasteiger partial charge < -0.3 is 11.1 Å². The topological polar surface area (TPSA) is 55.1 Å². The number of halogens is 1. The van der Waals surface area contributed by atoms with Crippen molar-refractivity contribution in [2.75, 3.05) is 0 Å². The Kier molecular flexibility index (Phi) is 5.76. The van der Waals surface area contributed by atoms with E-state index in [1.807, 2.05) is 25.1 Å². The van der Waals surface area contributed by atoms with E-state index >= 15 is 0 Å². The lowest BCUT2D eigenvalue weighted by molar-refractivity contribution is 0.0931. The van der Waals surface area contributed by atoms with Crippen molar-refractivity contribution >= 4 is 39.0 Å². The molecule has 1 amide bonds. The van der Waals surface area contributed by atoms with E-state index in [9.17, 15) is 4.79 Å². The van der Waals surface area contributed by atoms with Crippen molar-refractivity contribution in [1.82, 2.24) is 5.32 Å². The summed E-state index contributed by atoms with van der Waals surface area (Å²) in [5.74, 6) is 0.268. The van der Waals surface area contributed by atoms with E-state index in [2.05, 4.69) is 21.2 Å². The molecule has 1 unspecified atom stereocenters. The highest BCUT2D eigenvalue weighted by molar-refractivity contribution is 9.10. The zero-order chi connectivity index (χ0) is 15.4. The zero-order valence-electron chi connectivity index (χ0n) is 12.2. The first-order valence-corrected chi connectivity index (χ1v) is 8.55. The van der Waals surface area contributed by atoms with Crippen LogP contribution in [0.1, 0.15) is 48.0 Å². The molecule has 0 spiro atoms. The third-order valence-corrected chi connectivity index (χ3v) is 4.91. The van der Waals surface area contributed by atoms with Crippen LogP contribution in [0.5, 0.6) is 0 Å². The molecule has 21 heavy (non-hydrogen) atoms. The van der Waals surface area contributed by atoms with E-state index in [4.69, 9.17) is 18.0 Å². The van der Waals surface area contributed by atoms with E-state index in [1.165, 1.54) is 19.3 Å². The summed E-state index contributed by atoms with van der Waals surface area (Å²) >= 11 is 8.58. The molecule has 114 valence electrons. The van der Waals surface area contributed by atoms with Gasteiger partial charge in [0.1, 0.15) is 0 Å². The number of aryl methyl sites for hydroxylation is 1. The highest BCUT2D eigenvalue weighted by Crippen LogP contribution is 2.27. The van der Waals surface area contributed by atoms with Crippen LogP contribution >= 0.6 is 28.1 Å². The average molecular weight is 369 g/mol. The minimum atomic E-state index is -0.203. The molecular weight excluding hydrogens is 348 g/mol. The normalized spacial score (nSPS) is 17.2. The van der Waals surface area contributed by atoms with Crippen LogP contribution in [0, 0.1) is 12.8 Å². The third kappa shape index (κ3) is 4.27. The van der Waals surface area contributed by atoms with Crippen LogP contribution in [0.4, 0.5) is 0 Å². The van der Waals surface area contributed by atoms with Gasteiger partial charge in [-0.25, -0.2) is 0 Å². The van der Waals surface area contributed by atoms with Gasteiger partial charge in [0.05, 0.1) is 11.0 Å². The second-order valence-corrected chi connectivity index (χ2v) is 7.10. The molecule has 0 aliphatic heterocycles. The van der Waals surface area contributed by atoms with Crippen LogP contribution in [0.25, 0.3) is 0 Å². The maximum Gasteiger partial charge on any atom is 0.252 e. The van der Waals surface area contributed by atoms with Crippen molar-refractivity contribution in [2.24, 2.45) is 11.7 Å². The van der Waals surface area contributed by atoms with Gasteiger partial charge in [-0.1, -0.05) is 53.5 Å². The van der Waals surface area contributed by atoms with Crippen LogP contribution in [-0.2, 0) is 0 Å².